The highest BCUT2D eigenvalue weighted by Crippen LogP contribution is 2.21. The minimum Gasteiger partial charge on any atom is -0.469 e. The van der Waals surface area contributed by atoms with E-state index in [1.165, 1.54) is 7.11 Å². The smallest absolute Gasteiger partial charge is 0.309 e. The van der Waals surface area contributed by atoms with Crippen LogP contribution in [-0.4, -0.2) is 32.8 Å². The Morgan fingerprint density at radius 1 is 1.61 bits per heavy atom. The Morgan fingerprint density at radius 2 is 2.22 bits per heavy atom. The molecule has 0 aliphatic heterocycles. The van der Waals surface area contributed by atoms with E-state index >= 15 is 0 Å². The van der Waals surface area contributed by atoms with Crippen molar-refractivity contribution in [1.82, 2.24) is 9.78 Å². The molecule has 102 valence electrons. The highest BCUT2D eigenvalue weighted by Gasteiger charge is 2.19. The normalized spacial score (nSPS) is 14.3. The zero-order valence-electron chi connectivity index (χ0n) is 10.9. The molecule has 5 nitrogen and oxygen atoms in total. The van der Waals surface area contributed by atoms with Gasteiger partial charge >= 0.3 is 5.97 Å². The number of carbonyl (C=O) groups is 1. The third-order valence-corrected chi connectivity index (χ3v) is 4.56. The maximum Gasteiger partial charge on any atom is 0.309 e. The minimum absolute atomic E-state index is 0.257. The van der Waals surface area contributed by atoms with Gasteiger partial charge in [-0.25, -0.2) is 0 Å². The summed E-state index contributed by atoms with van der Waals surface area (Å²) in [6, 6.07) is 0. The molecule has 0 aliphatic carbocycles. The van der Waals surface area contributed by atoms with Crippen LogP contribution in [0.15, 0.2) is 0 Å². The minimum atomic E-state index is -1.18. The van der Waals surface area contributed by atoms with Crippen LogP contribution in [0.4, 0.5) is 0 Å². The molecule has 0 aliphatic rings. The first kappa shape index (κ1) is 15.2. The second-order valence-electron chi connectivity index (χ2n) is 4.14. The molecule has 0 bridgehead atoms. The summed E-state index contributed by atoms with van der Waals surface area (Å²) in [6.45, 7) is 3.49. The molecule has 0 spiro atoms. The lowest BCUT2D eigenvalue weighted by atomic mass is 10.2. The summed E-state index contributed by atoms with van der Waals surface area (Å²) >= 11 is 6.08. The quantitative estimate of drug-likeness (QED) is 0.771. The second-order valence-corrected chi connectivity index (χ2v) is 6.02. The molecule has 18 heavy (non-hydrogen) atoms. The predicted molar refractivity (Wildman–Crippen MR) is 70.8 cm³/mol. The standard InChI is InChI=1S/C11H17ClN2O3S/c1-7(11(15)17-4)5-18(16)6-9-10(12)8(2)13-14(9)3/h7H,5-6H2,1-4H3. The zero-order valence-corrected chi connectivity index (χ0v) is 12.5. The Morgan fingerprint density at radius 3 is 2.67 bits per heavy atom. The summed E-state index contributed by atoms with van der Waals surface area (Å²) < 4.78 is 18.2. The molecule has 2 atom stereocenters. The summed E-state index contributed by atoms with van der Waals surface area (Å²) in [5.74, 6) is -0.190. The summed E-state index contributed by atoms with van der Waals surface area (Å²) in [7, 11) is 1.90. The first-order valence-electron chi connectivity index (χ1n) is 5.47. The molecule has 0 aromatic carbocycles. The van der Waals surface area contributed by atoms with Gasteiger partial charge in [0.25, 0.3) is 0 Å². The molecule has 0 radical (unpaired) electrons. The zero-order chi connectivity index (χ0) is 13.9. The maximum atomic E-state index is 12.0. The summed E-state index contributed by atoms with van der Waals surface area (Å²) in [4.78, 5) is 11.2. The van der Waals surface area contributed by atoms with E-state index in [9.17, 15) is 9.00 Å². The molecule has 0 amide bonds. The van der Waals surface area contributed by atoms with Gasteiger partial charge in [-0.1, -0.05) is 18.5 Å². The van der Waals surface area contributed by atoms with Crippen molar-refractivity contribution in [3.63, 3.8) is 0 Å². The lowest BCUT2D eigenvalue weighted by molar-refractivity contribution is -0.144. The average molecular weight is 293 g/mol. The molecule has 0 N–H and O–H groups in total. The molecule has 0 fully saturated rings. The molecular formula is C11H17ClN2O3S. The Hall–Kier alpha value is -0.880. The molecular weight excluding hydrogens is 276 g/mol. The number of carbonyl (C=O) groups excluding carboxylic acids is 1. The second kappa shape index (κ2) is 6.33. The van der Waals surface area contributed by atoms with Gasteiger partial charge in [-0.3, -0.25) is 13.7 Å². The van der Waals surface area contributed by atoms with Gasteiger partial charge in [0.2, 0.25) is 0 Å². The van der Waals surface area contributed by atoms with Crippen molar-refractivity contribution in [2.45, 2.75) is 19.6 Å². The largest absolute Gasteiger partial charge is 0.469 e. The Labute approximate surface area is 114 Å². The Kier molecular flexibility index (Phi) is 5.34. The molecule has 0 saturated carbocycles. The van der Waals surface area contributed by atoms with Crippen LogP contribution in [0.3, 0.4) is 0 Å². The van der Waals surface area contributed by atoms with Gasteiger partial charge in [0, 0.05) is 23.6 Å². The first-order valence-corrected chi connectivity index (χ1v) is 7.34. The third kappa shape index (κ3) is 3.55. The van der Waals surface area contributed by atoms with E-state index in [1.807, 2.05) is 0 Å². The van der Waals surface area contributed by atoms with Crippen molar-refractivity contribution in [2.75, 3.05) is 12.9 Å². The van der Waals surface area contributed by atoms with Crippen LogP contribution >= 0.6 is 11.6 Å². The van der Waals surface area contributed by atoms with Gasteiger partial charge in [0.1, 0.15) is 0 Å². The molecule has 0 saturated heterocycles. The predicted octanol–water partition coefficient (Wildman–Crippen LogP) is 1.44. The number of ether oxygens (including phenoxy) is 1. The van der Waals surface area contributed by atoms with Crippen LogP contribution in [0.2, 0.25) is 5.02 Å². The maximum absolute atomic E-state index is 12.0. The van der Waals surface area contributed by atoms with Gasteiger partial charge in [-0.15, -0.1) is 0 Å². The molecule has 2 unspecified atom stereocenters. The van der Waals surface area contributed by atoms with Crippen LogP contribution in [0.25, 0.3) is 0 Å². The van der Waals surface area contributed by atoms with Crippen molar-refractivity contribution < 1.29 is 13.7 Å². The fraction of sp³-hybridized carbons (Fsp3) is 0.636. The van der Waals surface area contributed by atoms with Crippen molar-refractivity contribution >= 4 is 28.4 Å². The van der Waals surface area contributed by atoms with E-state index < -0.39 is 10.8 Å². The molecule has 1 aromatic rings. The van der Waals surface area contributed by atoms with Crippen LogP contribution in [0.5, 0.6) is 0 Å². The number of aromatic nitrogens is 2. The van der Waals surface area contributed by atoms with Gasteiger partial charge in [-0.2, -0.15) is 5.10 Å². The van der Waals surface area contributed by atoms with Gasteiger partial charge in [0.05, 0.1) is 35.2 Å². The van der Waals surface area contributed by atoms with E-state index in [0.717, 1.165) is 5.69 Å². The van der Waals surface area contributed by atoms with Crippen molar-refractivity contribution in [2.24, 2.45) is 13.0 Å². The monoisotopic (exact) mass is 292 g/mol. The first-order chi connectivity index (χ1) is 8.36. The number of halogens is 1. The number of methoxy groups -OCH3 is 1. The van der Waals surface area contributed by atoms with Gasteiger partial charge < -0.3 is 4.74 Å². The van der Waals surface area contributed by atoms with Crippen LogP contribution < -0.4 is 0 Å². The fourth-order valence-corrected chi connectivity index (χ4v) is 3.35. The highest BCUT2D eigenvalue weighted by molar-refractivity contribution is 7.84. The van der Waals surface area contributed by atoms with Crippen molar-refractivity contribution in [3.05, 3.63) is 16.4 Å². The number of hydrogen-bond acceptors (Lipinski definition) is 4. The van der Waals surface area contributed by atoms with Crippen molar-refractivity contribution in [3.8, 4) is 0 Å². The van der Waals surface area contributed by atoms with E-state index in [-0.39, 0.29) is 23.4 Å². The number of esters is 1. The lowest BCUT2D eigenvalue weighted by Crippen LogP contribution is -2.20. The number of rotatable bonds is 5. The van der Waals surface area contributed by atoms with Crippen molar-refractivity contribution in [1.29, 1.82) is 0 Å². The van der Waals surface area contributed by atoms with Gasteiger partial charge in [0.15, 0.2) is 0 Å². The third-order valence-electron chi connectivity index (χ3n) is 2.60. The average Bonchev–Trinajstić information content (AvgIpc) is 2.54. The number of hydrogen-bond donors (Lipinski definition) is 0. The number of nitrogens with zero attached hydrogens (tertiary/aromatic N) is 2. The molecule has 1 heterocycles. The topological polar surface area (TPSA) is 61.2 Å². The summed E-state index contributed by atoms with van der Waals surface area (Å²) in [5.41, 5.74) is 1.44. The highest BCUT2D eigenvalue weighted by atomic mass is 35.5. The molecule has 1 rings (SSSR count). The molecule has 1 aromatic heterocycles. The van der Waals surface area contributed by atoms with Crippen LogP contribution in [0, 0.1) is 12.8 Å². The van der Waals surface area contributed by atoms with E-state index in [2.05, 4.69) is 9.84 Å². The fourth-order valence-electron chi connectivity index (χ4n) is 1.60. The van der Waals surface area contributed by atoms with Crippen LogP contribution in [0.1, 0.15) is 18.3 Å². The SMILES string of the molecule is COC(=O)C(C)CS(=O)Cc1c(Cl)c(C)nn1C. The van der Waals surface area contributed by atoms with Crippen LogP contribution in [-0.2, 0) is 33.1 Å². The van der Waals surface area contributed by atoms with E-state index in [0.29, 0.717) is 10.7 Å². The molecule has 7 heteroatoms. The lowest BCUT2D eigenvalue weighted by Gasteiger charge is -2.09. The van der Waals surface area contributed by atoms with Gasteiger partial charge in [-0.05, 0) is 6.92 Å². The summed E-state index contributed by atoms with van der Waals surface area (Å²) in [5, 5.41) is 4.69. The Balaban J connectivity index is 2.68. The van der Waals surface area contributed by atoms with E-state index in [1.54, 1.807) is 25.6 Å². The Bertz CT molecular complexity index is 473. The summed E-state index contributed by atoms with van der Waals surface area (Å²) in [6.07, 6.45) is 0. The number of aryl methyl sites for hydroxylation is 2. The van der Waals surface area contributed by atoms with E-state index in [4.69, 9.17) is 11.6 Å².